The van der Waals surface area contributed by atoms with Gasteiger partial charge in [0.2, 0.25) is 15.2 Å². The number of nitrogens with one attached hydrogen (secondary N) is 1. The molecule has 1 aromatic heterocycles. The van der Waals surface area contributed by atoms with Crippen LogP contribution in [0.4, 0.5) is 9.52 Å². The summed E-state index contributed by atoms with van der Waals surface area (Å²) >= 11 is 2.58. The van der Waals surface area contributed by atoms with Crippen molar-refractivity contribution in [1.82, 2.24) is 10.2 Å². The van der Waals surface area contributed by atoms with Crippen molar-refractivity contribution in [3.05, 3.63) is 48.3 Å². The van der Waals surface area contributed by atoms with E-state index < -0.39 is 15.8 Å². The highest BCUT2D eigenvalue weighted by Gasteiger charge is 2.15. The van der Waals surface area contributed by atoms with Crippen LogP contribution in [0.1, 0.15) is 5.56 Å². The Kier molecular flexibility index (Phi) is 5.32. The number of hydrogen-bond acceptors (Lipinski definition) is 6. The van der Waals surface area contributed by atoms with Crippen molar-refractivity contribution in [2.24, 2.45) is 0 Å². The maximum atomic E-state index is 12.8. The molecule has 2 aromatic rings. The molecule has 0 saturated heterocycles. The molecular formula is C12H12FN3O2S3. The summed E-state index contributed by atoms with van der Waals surface area (Å²) in [6.07, 6.45) is 1.73. The van der Waals surface area contributed by atoms with Gasteiger partial charge in [-0.3, -0.25) is 4.72 Å². The molecular weight excluding hydrogens is 333 g/mol. The van der Waals surface area contributed by atoms with Gasteiger partial charge in [-0.2, -0.15) is 0 Å². The predicted octanol–water partition coefficient (Wildman–Crippen LogP) is 2.90. The number of rotatable bonds is 7. The molecule has 2 rings (SSSR count). The van der Waals surface area contributed by atoms with E-state index >= 15 is 0 Å². The molecule has 0 bridgehead atoms. The van der Waals surface area contributed by atoms with Gasteiger partial charge in [-0.05, 0) is 17.7 Å². The molecule has 112 valence electrons. The third-order valence-corrected chi connectivity index (χ3v) is 5.56. The average Bonchev–Trinajstić information content (AvgIpc) is 2.85. The second-order valence-electron chi connectivity index (χ2n) is 3.96. The van der Waals surface area contributed by atoms with Crippen molar-refractivity contribution in [1.29, 1.82) is 0 Å². The SMILES string of the molecule is C=CCSc1nnc(NS(=O)(=O)Cc2ccc(F)cc2)s1. The number of nitrogens with zero attached hydrogens (tertiary/aromatic N) is 2. The van der Waals surface area contributed by atoms with Crippen LogP contribution in [0.25, 0.3) is 0 Å². The Morgan fingerprint density at radius 3 is 2.71 bits per heavy atom. The lowest BCUT2D eigenvalue weighted by Gasteiger charge is -2.04. The van der Waals surface area contributed by atoms with Gasteiger partial charge < -0.3 is 0 Å². The normalized spacial score (nSPS) is 11.3. The highest BCUT2D eigenvalue weighted by atomic mass is 32.2. The largest absolute Gasteiger partial charge is 0.257 e. The van der Waals surface area contributed by atoms with Crippen molar-refractivity contribution >= 4 is 38.3 Å². The van der Waals surface area contributed by atoms with Crippen LogP contribution in [0.2, 0.25) is 0 Å². The Labute approximate surface area is 130 Å². The van der Waals surface area contributed by atoms with E-state index in [1.807, 2.05) is 0 Å². The smallest absolute Gasteiger partial charge is 0.238 e. The van der Waals surface area contributed by atoms with E-state index in [-0.39, 0.29) is 10.9 Å². The Morgan fingerprint density at radius 1 is 1.33 bits per heavy atom. The molecule has 0 aliphatic carbocycles. The first-order valence-electron chi connectivity index (χ1n) is 5.80. The Morgan fingerprint density at radius 2 is 2.05 bits per heavy atom. The molecule has 1 heterocycles. The van der Waals surface area contributed by atoms with Gasteiger partial charge in [0, 0.05) is 5.75 Å². The topological polar surface area (TPSA) is 72.0 Å². The van der Waals surface area contributed by atoms with Crippen molar-refractivity contribution in [3.63, 3.8) is 0 Å². The number of aromatic nitrogens is 2. The van der Waals surface area contributed by atoms with Crippen LogP contribution in [0, 0.1) is 5.82 Å². The summed E-state index contributed by atoms with van der Waals surface area (Å²) < 4.78 is 39.8. The number of hydrogen-bond donors (Lipinski definition) is 1. The number of anilines is 1. The zero-order valence-corrected chi connectivity index (χ0v) is 13.3. The number of thioether (sulfide) groups is 1. The molecule has 0 fully saturated rings. The van der Waals surface area contributed by atoms with Gasteiger partial charge >= 0.3 is 0 Å². The first kappa shape index (κ1) is 15.9. The molecule has 0 atom stereocenters. The van der Waals surface area contributed by atoms with Crippen LogP contribution < -0.4 is 4.72 Å². The van der Waals surface area contributed by atoms with E-state index in [1.165, 1.54) is 36.0 Å². The van der Waals surface area contributed by atoms with Crippen LogP contribution in [0.5, 0.6) is 0 Å². The standard InChI is InChI=1S/C12H12FN3O2S3/c1-2-7-19-12-15-14-11(20-12)16-21(17,18)8-9-3-5-10(13)6-4-9/h2-6H,1,7-8H2,(H,14,16). The molecule has 0 radical (unpaired) electrons. The molecule has 0 aliphatic heterocycles. The van der Waals surface area contributed by atoms with Crippen LogP contribution >= 0.6 is 23.1 Å². The summed E-state index contributed by atoms with van der Waals surface area (Å²) in [7, 11) is -3.60. The van der Waals surface area contributed by atoms with Gasteiger partial charge in [-0.25, -0.2) is 12.8 Å². The first-order valence-corrected chi connectivity index (χ1v) is 9.26. The predicted molar refractivity (Wildman–Crippen MR) is 83.5 cm³/mol. The first-order chi connectivity index (χ1) is 9.98. The van der Waals surface area contributed by atoms with Crippen molar-refractivity contribution in [2.75, 3.05) is 10.5 Å². The molecule has 0 unspecified atom stereocenters. The Balaban J connectivity index is 2.01. The second-order valence-corrected chi connectivity index (χ2v) is 7.93. The Hall–Kier alpha value is -1.45. The van der Waals surface area contributed by atoms with E-state index in [9.17, 15) is 12.8 Å². The lowest BCUT2D eigenvalue weighted by Crippen LogP contribution is -2.14. The highest BCUT2D eigenvalue weighted by molar-refractivity contribution is 8.01. The van der Waals surface area contributed by atoms with Crippen molar-refractivity contribution < 1.29 is 12.8 Å². The summed E-state index contributed by atoms with van der Waals surface area (Å²) in [5, 5.41) is 7.85. The van der Waals surface area contributed by atoms with Gasteiger partial charge in [0.05, 0.1) is 5.75 Å². The van der Waals surface area contributed by atoms with Gasteiger partial charge in [0.1, 0.15) is 5.82 Å². The molecule has 9 heteroatoms. The molecule has 1 N–H and O–H groups in total. The quantitative estimate of drug-likeness (QED) is 0.617. The number of halogens is 1. The third kappa shape index (κ3) is 5.10. The summed E-state index contributed by atoms with van der Waals surface area (Å²) in [6.45, 7) is 3.59. The summed E-state index contributed by atoms with van der Waals surface area (Å²) in [5.41, 5.74) is 0.495. The third-order valence-electron chi connectivity index (χ3n) is 2.24. The molecule has 0 aliphatic rings. The zero-order chi connectivity index (χ0) is 15.3. The number of sulfonamides is 1. The summed E-state index contributed by atoms with van der Waals surface area (Å²) in [4.78, 5) is 0. The lowest BCUT2D eigenvalue weighted by molar-refractivity contribution is 0.599. The van der Waals surface area contributed by atoms with Gasteiger partial charge in [0.15, 0.2) is 4.34 Å². The molecule has 0 saturated carbocycles. The highest BCUT2D eigenvalue weighted by Crippen LogP contribution is 2.26. The maximum Gasteiger partial charge on any atom is 0.238 e. The molecule has 5 nitrogen and oxygen atoms in total. The van der Waals surface area contributed by atoms with Gasteiger partial charge in [-0.1, -0.05) is 41.3 Å². The lowest BCUT2D eigenvalue weighted by atomic mass is 10.2. The van der Waals surface area contributed by atoms with Crippen LogP contribution in [-0.4, -0.2) is 24.4 Å². The zero-order valence-electron chi connectivity index (χ0n) is 10.8. The monoisotopic (exact) mass is 345 g/mol. The van der Waals surface area contributed by atoms with E-state index in [0.29, 0.717) is 15.7 Å². The molecule has 1 aromatic carbocycles. The second kappa shape index (κ2) is 7.01. The minimum absolute atomic E-state index is 0.212. The molecule has 0 amide bonds. The van der Waals surface area contributed by atoms with Gasteiger partial charge in [0.25, 0.3) is 0 Å². The van der Waals surface area contributed by atoms with Crippen LogP contribution in [0.3, 0.4) is 0 Å². The van der Waals surface area contributed by atoms with E-state index in [4.69, 9.17) is 0 Å². The molecule has 21 heavy (non-hydrogen) atoms. The van der Waals surface area contributed by atoms with Crippen molar-refractivity contribution in [2.45, 2.75) is 10.1 Å². The van der Waals surface area contributed by atoms with E-state index in [1.54, 1.807) is 6.08 Å². The Bertz CT molecular complexity index is 714. The average molecular weight is 345 g/mol. The summed E-state index contributed by atoms with van der Waals surface area (Å²) in [5.74, 6) is 0.0241. The van der Waals surface area contributed by atoms with Crippen molar-refractivity contribution in [3.8, 4) is 0 Å². The van der Waals surface area contributed by atoms with Crippen LogP contribution in [-0.2, 0) is 15.8 Å². The maximum absolute atomic E-state index is 12.8. The van der Waals surface area contributed by atoms with E-state index in [0.717, 1.165) is 11.3 Å². The fourth-order valence-electron chi connectivity index (χ4n) is 1.41. The summed E-state index contributed by atoms with van der Waals surface area (Å²) in [6, 6.07) is 5.31. The van der Waals surface area contributed by atoms with E-state index in [2.05, 4.69) is 21.5 Å². The molecule has 0 spiro atoms. The van der Waals surface area contributed by atoms with Gasteiger partial charge in [-0.15, -0.1) is 16.8 Å². The fourth-order valence-corrected chi connectivity index (χ4v) is 4.33. The minimum Gasteiger partial charge on any atom is -0.257 e. The fraction of sp³-hybridized carbons (Fsp3) is 0.167. The minimum atomic E-state index is -3.60. The van der Waals surface area contributed by atoms with Crippen LogP contribution in [0.15, 0.2) is 41.3 Å². The number of benzene rings is 1.